The summed E-state index contributed by atoms with van der Waals surface area (Å²) in [6.07, 6.45) is 4.52. The highest BCUT2D eigenvalue weighted by atomic mass is 16.8. The van der Waals surface area contributed by atoms with E-state index in [1.807, 2.05) is 0 Å². The minimum atomic E-state index is -1.49. The number of carbonyl (C=O) groups excluding carboxylic acids is 2. The van der Waals surface area contributed by atoms with E-state index in [0.29, 0.717) is 25.9 Å². The third kappa shape index (κ3) is 3.91. The van der Waals surface area contributed by atoms with E-state index < -0.39 is 30.1 Å². The van der Waals surface area contributed by atoms with E-state index >= 15 is 0 Å². The third-order valence-electron chi connectivity index (χ3n) is 3.68. The Hall–Kier alpha value is -1.22. The monoisotopic (exact) mass is 300 g/mol. The molecule has 2 aliphatic rings. The Morgan fingerprint density at radius 3 is 1.67 bits per heavy atom. The van der Waals surface area contributed by atoms with Crippen molar-refractivity contribution in [2.45, 2.75) is 56.6 Å². The first-order chi connectivity index (χ1) is 10.1. The first kappa shape index (κ1) is 16.2. The van der Waals surface area contributed by atoms with E-state index in [9.17, 15) is 9.59 Å². The zero-order valence-electron chi connectivity index (χ0n) is 12.1. The van der Waals surface area contributed by atoms with E-state index in [1.54, 1.807) is 0 Å². The molecule has 21 heavy (non-hydrogen) atoms. The summed E-state index contributed by atoms with van der Waals surface area (Å²) < 4.78 is 10.4. The van der Waals surface area contributed by atoms with Crippen LogP contribution >= 0.6 is 0 Å². The van der Waals surface area contributed by atoms with Crippen molar-refractivity contribution in [1.82, 2.24) is 10.6 Å². The minimum Gasteiger partial charge on any atom is -0.394 e. The number of rotatable bonds is 8. The molecule has 2 atom stereocenters. The molecule has 2 aliphatic heterocycles. The van der Waals surface area contributed by atoms with Crippen molar-refractivity contribution in [2.24, 2.45) is 11.5 Å². The molecule has 0 bridgehead atoms. The van der Waals surface area contributed by atoms with Gasteiger partial charge >= 0.3 is 18.0 Å². The van der Waals surface area contributed by atoms with Crippen molar-refractivity contribution in [3.63, 3.8) is 0 Å². The van der Waals surface area contributed by atoms with E-state index in [2.05, 4.69) is 10.6 Å². The van der Waals surface area contributed by atoms with Gasteiger partial charge in [-0.2, -0.15) is 0 Å². The molecule has 0 aliphatic carbocycles. The van der Waals surface area contributed by atoms with Crippen LogP contribution < -0.4 is 22.1 Å². The molecular weight excluding hydrogens is 276 g/mol. The molecule has 0 saturated carbocycles. The predicted molar refractivity (Wildman–Crippen MR) is 74.6 cm³/mol. The highest BCUT2D eigenvalue weighted by molar-refractivity contribution is 5.82. The predicted octanol–water partition coefficient (Wildman–Crippen LogP) is -1.11. The number of esters is 2. The van der Waals surface area contributed by atoms with Gasteiger partial charge in [0, 0.05) is 0 Å². The molecule has 6 N–H and O–H groups in total. The first-order valence-electron chi connectivity index (χ1n) is 7.51. The Morgan fingerprint density at radius 1 is 0.857 bits per heavy atom. The molecule has 2 fully saturated rings. The zero-order chi connectivity index (χ0) is 15.3. The third-order valence-corrected chi connectivity index (χ3v) is 3.68. The SMILES string of the molecule is NCCCC[C@@H]1NC2(N[C@@H](CCCCN)C(=O)O2)OC1=O. The van der Waals surface area contributed by atoms with Gasteiger partial charge in [-0.3, -0.25) is 9.59 Å². The summed E-state index contributed by atoms with van der Waals surface area (Å²) in [5.74, 6) is -0.815. The standard InChI is InChI=1S/C13H24N4O4/c14-7-3-1-5-9-11(18)20-13(16-9)17-10(12(19)21-13)6-2-4-8-15/h9-10,16-17H,1-8,14-15H2/t9-,10-,13?/m0/s1. The van der Waals surface area contributed by atoms with Crippen molar-refractivity contribution in [3.05, 3.63) is 0 Å². The lowest BCUT2D eigenvalue weighted by molar-refractivity contribution is -0.211. The van der Waals surface area contributed by atoms with Gasteiger partial charge in [-0.05, 0) is 38.8 Å². The van der Waals surface area contributed by atoms with Crippen LogP contribution in [-0.4, -0.2) is 43.1 Å². The smallest absolute Gasteiger partial charge is 0.387 e. The highest BCUT2D eigenvalue weighted by Gasteiger charge is 2.56. The second kappa shape index (κ2) is 7.17. The maximum absolute atomic E-state index is 11.8. The molecule has 0 unspecified atom stereocenters. The van der Waals surface area contributed by atoms with E-state index in [0.717, 1.165) is 25.7 Å². The summed E-state index contributed by atoms with van der Waals surface area (Å²) >= 11 is 0. The molecule has 120 valence electrons. The van der Waals surface area contributed by atoms with Crippen LogP contribution in [0.1, 0.15) is 38.5 Å². The number of nitrogens with one attached hydrogen (secondary N) is 2. The number of nitrogens with two attached hydrogens (primary N) is 2. The summed E-state index contributed by atoms with van der Waals surface area (Å²) in [5.41, 5.74) is 10.9. The van der Waals surface area contributed by atoms with Gasteiger partial charge in [0.05, 0.1) is 0 Å². The van der Waals surface area contributed by atoms with E-state index in [1.165, 1.54) is 0 Å². The number of ether oxygens (including phenoxy) is 2. The fourth-order valence-corrected chi connectivity index (χ4v) is 2.55. The van der Waals surface area contributed by atoms with Gasteiger partial charge in [0.2, 0.25) is 0 Å². The Balaban J connectivity index is 1.86. The van der Waals surface area contributed by atoms with E-state index in [4.69, 9.17) is 20.9 Å². The van der Waals surface area contributed by atoms with Crippen LogP contribution in [0.25, 0.3) is 0 Å². The minimum absolute atomic E-state index is 0.407. The molecule has 8 nitrogen and oxygen atoms in total. The second-order valence-corrected chi connectivity index (χ2v) is 5.42. The van der Waals surface area contributed by atoms with Crippen molar-refractivity contribution >= 4 is 11.9 Å². The normalized spacial score (nSPS) is 27.1. The fourth-order valence-electron chi connectivity index (χ4n) is 2.55. The number of hydrogen-bond acceptors (Lipinski definition) is 8. The lowest BCUT2D eigenvalue weighted by Crippen LogP contribution is -2.54. The first-order valence-corrected chi connectivity index (χ1v) is 7.51. The topological polar surface area (TPSA) is 129 Å². The molecular formula is C13H24N4O4. The van der Waals surface area contributed by atoms with Gasteiger partial charge in [-0.15, -0.1) is 0 Å². The molecule has 1 spiro atoms. The average molecular weight is 300 g/mol. The van der Waals surface area contributed by atoms with Crippen LogP contribution in [0.3, 0.4) is 0 Å². The van der Waals surface area contributed by atoms with Crippen molar-refractivity contribution in [3.8, 4) is 0 Å². The quantitative estimate of drug-likeness (QED) is 0.328. The van der Waals surface area contributed by atoms with Crippen LogP contribution in [0, 0.1) is 0 Å². The van der Waals surface area contributed by atoms with Crippen LogP contribution in [0.2, 0.25) is 0 Å². The largest absolute Gasteiger partial charge is 0.394 e. The van der Waals surface area contributed by atoms with Gasteiger partial charge in [-0.25, -0.2) is 10.6 Å². The summed E-state index contributed by atoms with van der Waals surface area (Å²) in [5, 5.41) is 5.87. The summed E-state index contributed by atoms with van der Waals surface area (Å²) in [7, 11) is 0. The lowest BCUT2D eigenvalue weighted by atomic mass is 10.1. The van der Waals surface area contributed by atoms with Gasteiger partial charge in [0.15, 0.2) is 0 Å². The van der Waals surface area contributed by atoms with Crippen LogP contribution in [-0.2, 0) is 19.1 Å². The van der Waals surface area contributed by atoms with Gasteiger partial charge in [0.1, 0.15) is 12.1 Å². The van der Waals surface area contributed by atoms with Crippen LogP contribution in [0.5, 0.6) is 0 Å². The number of carbonyl (C=O) groups is 2. The van der Waals surface area contributed by atoms with Gasteiger partial charge in [0.25, 0.3) is 0 Å². The molecule has 0 radical (unpaired) electrons. The summed E-state index contributed by atoms with van der Waals surface area (Å²) in [4.78, 5) is 23.7. The number of unbranched alkanes of at least 4 members (excludes halogenated alkanes) is 2. The molecule has 0 aromatic rings. The van der Waals surface area contributed by atoms with Crippen molar-refractivity contribution in [1.29, 1.82) is 0 Å². The molecule has 2 saturated heterocycles. The average Bonchev–Trinajstić information content (AvgIpc) is 2.90. The van der Waals surface area contributed by atoms with Crippen LogP contribution in [0.15, 0.2) is 0 Å². The molecule has 0 aromatic heterocycles. The van der Waals surface area contributed by atoms with Crippen molar-refractivity contribution in [2.75, 3.05) is 13.1 Å². The molecule has 0 amide bonds. The molecule has 2 heterocycles. The van der Waals surface area contributed by atoms with Crippen molar-refractivity contribution < 1.29 is 19.1 Å². The van der Waals surface area contributed by atoms with Crippen LogP contribution in [0.4, 0.5) is 0 Å². The lowest BCUT2D eigenvalue weighted by Gasteiger charge is -2.20. The number of hydrogen-bond donors (Lipinski definition) is 4. The fraction of sp³-hybridized carbons (Fsp3) is 0.846. The Bertz CT molecular complexity index is 354. The Morgan fingerprint density at radius 2 is 1.29 bits per heavy atom. The Labute approximate surface area is 123 Å². The maximum Gasteiger partial charge on any atom is 0.387 e. The molecule has 0 aromatic carbocycles. The summed E-state index contributed by atoms with van der Waals surface area (Å²) in [6, 6.07) is -2.44. The van der Waals surface area contributed by atoms with Gasteiger partial charge < -0.3 is 20.9 Å². The van der Waals surface area contributed by atoms with Gasteiger partial charge in [-0.1, -0.05) is 12.8 Å². The molecule has 8 heteroatoms. The van der Waals surface area contributed by atoms with E-state index in [-0.39, 0.29) is 0 Å². The zero-order valence-corrected chi connectivity index (χ0v) is 12.1. The Kier molecular flexibility index (Phi) is 5.51. The molecule has 2 rings (SSSR count). The second-order valence-electron chi connectivity index (χ2n) is 5.42. The maximum atomic E-state index is 11.8. The highest BCUT2D eigenvalue weighted by Crippen LogP contribution is 2.26. The summed E-state index contributed by atoms with van der Waals surface area (Å²) in [6.45, 7) is 1.17.